The van der Waals surface area contributed by atoms with E-state index in [1.807, 2.05) is 31.2 Å². The van der Waals surface area contributed by atoms with Crippen LogP contribution in [0.4, 0.5) is 11.4 Å². The maximum absolute atomic E-state index is 12.7. The van der Waals surface area contributed by atoms with Crippen LogP contribution in [0.2, 0.25) is 5.02 Å². The molecule has 2 amide bonds. The van der Waals surface area contributed by atoms with E-state index in [2.05, 4.69) is 10.6 Å². The van der Waals surface area contributed by atoms with Gasteiger partial charge in [-0.15, -0.1) is 11.8 Å². The Labute approximate surface area is 194 Å². The molecule has 0 spiro atoms. The van der Waals surface area contributed by atoms with E-state index < -0.39 is 10.8 Å². The molecule has 9 heteroatoms. The van der Waals surface area contributed by atoms with Crippen molar-refractivity contribution >= 4 is 46.6 Å². The predicted octanol–water partition coefficient (Wildman–Crippen LogP) is 5.33. The number of rotatable bonds is 8. The van der Waals surface area contributed by atoms with Crippen molar-refractivity contribution in [3.05, 3.63) is 98.6 Å². The van der Waals surface area contributed by atoms with Gasteiger partial charge in [-0.05, 0) is 37.3 Å². The lowest BCUT2D eigenvalue weighted by Gasteiger charge is -2.12. The van der Waals surface area contributed by atoms with Crippen LogP contribution in [0.15, 0.2) is 71.6 Å². The number of nitro groups is 1. The number of carbonyl (C=O) groups excluding carboxylic acids is 2. The number of benzene rings is 3. The molecule has 0 saturated carbocycles. The van der Waals surface area contributed by atoms with Gasteiger partial charge < -0.3 is 10.6 Å². The number of non-ortho nitro benzene ring substituents is 1. The number of hydrogen-bond acceptors (Lipinski definition) is 5. The molecule has 3 rings (SSSR count). The van der Waals surface area contributed by atoms with Crippen LogP contribution in [0.5, 0.6) is 0 Å². The number of carbonyl (C=O) groups is 2. The van der Waals surface area contributed by atoms with E-state index in [0.717, 1.165) is 11.0 Å². The first-order valence-electron chi connectivity index (χ1n) is 9.67. The summed E-state index contributed by atoms with van der Waals surface area (Å²) in [7, 11) is 0. The van der Waals surface area contributed by atoms with Crippen molar-refractivity contribution < 1.29 is 14.5 Å². The average molecular weight is 470 g/mol. The Hall–Kier alpha value is -3.36. The molecule has 0 fully saturated rings. The number of nitrogens with zero attached hydrogens (tertiary/aromatic N) is 1. The van der Waals surface area contributed by atoms with Gasteiger partial charge >= 0.3 is 0 Å². The number of aryl methyl sites for hydroxylation is 1. The van der Waals surface area contributed by atoms with Crippen LogP contribution >= 0.6 is 23.4 Å². The van der Waals surface area contributed by atoms with Gasteiger partial charge in [-0.1, -0.05) is 41.4 Å². The number of hydrogen-bond donors (Lipinski definition) is 2. The van der Waals surface area contributed by atoms with E-state index in [9.17, 15) is 19.7 Å². The van der Waals surface area contributed by atoms with Crippen molar-refractivity contribution in [2.24, 2.45) is 0 Å². The van der Waals surface area contributed by atoms with Gasteiger partial charge in [0.1, 0.15) is 0 Å². The maximum atomic E-state index is 12.7. The minimum absolute atomic E-state index is 0.0493. The van der Waals surface area contributed by atoms with E-state index >= 15 is 0 Å². The molecule has 3 aromatic rings. The first-order valence-corrected chi connectivity index (χ1v) is 11.0. The van der Waals surface area contributed by atoms with Gasteiger partial charge in [-0.2, -0.15) is 0 Å². The zero-order valence-corrected chi connectivity index (χ0v) is 18.7. The molecule has 0 atom stereocenters. The van der Waals surface area contributed by atoms with Crippen molar-refractivity contribution in [1.82, 2.24) is 5.32 Å². The van der Waals surface area contributed by atoms with E-state index in [0.29, 0.717) is 23.5 Å². The fraction of sp³-hybridized carbons (Fsp3) is 0.130. The van der Waals surface area contributed by atoms with Crippen molar-refractivity contribution in [3.8, 4) is 0 Å². The minimum Gasteiger partial charge on any atom is -0.351 e. The number of nitrogens with one attached hydrogen (secondary N) is 2. The lowest BCUT2D eigenvalue weighted by atomic mass is 10.1. The Balaban J connectivity index is 1.62. The Morgan fingerprint density at radius 3 is 2.41 bits per heavy atom. The first kappa shape index (κ1) is 23.3. The van der Waals surface area contributed by atoms with Crippen LogP contribution in [-0.4, -0.2) is 29.0 Å². The second-order valence-corrected chi connectivity index (χ2v) is 8.41. The first-order chi connectivity index (χ1) is 15.3. The summed E-state index contributed by atoms with van der Waals surface area (Å²) in [5, 5.41) is 16.3. The lowest BCUT2D eigenvalue weighted by Crippen LogP contribution is -2.27. The number of para-hydroxylation sites is 1. The quantitative estimate of drug-likeness (QED) is 0.201. The lowest BCUT2D eigenvalue weighted by molar-refractivity contribution is -0.384. The summed E-state index contributed by atoms with van der Waals surface area (Å²) in [6.07, 6.45) is 0. The second kappa shape index (κ2) is 10.8. The van der Waals surface area contributed by atoms with Crippen molar-refractivity contribution in [2.75, 3.05) is 17.6 Å². The van der Waals surface area contributed by atoms with E-state index in [1.165, 1.54) is 17.7 Å². The van der Waals surface area contributed by atoms with Crippen LogP contribution in [0.25, 0.3) is 0 Å². The molecule has 0 heterocycles. The second-order valence-electron chi connectivity index (χ2n) is 6.84. The van der Waals surface area contributed by atoms with Gasteiger partial charge in [0, 0.05) is 29.3 Å². The maximum Gasteiger partial charge on any atom is 0.270 e. The summed E-state index contributed by atoms with van der Waals surface area (Å²) in [4.78, 5) is 36.7. The monoisotopic (exact) mass is 469 g/mol. The number of nitro benzene ring substituents is 1. The molecular formula is C23H20ClN3O4S. The highest BCUT2D eigenvalue weighted by Crippen LogP contribution is 2.24. The number of halogens is 1. The number of thioether (sulfide) groups is 1. The molecule has 3 aromatic carbocycles. The number of amides is 2. The van der Waals surface area contributed by atoms with Gasteiger partial charge in [0.25, 0.3) is 17.5 Å². The summed E-state index contributed by atoms with van der Waals surface area (Å²) < 4.78 is 0. The molecule has 0 aromatic heterocycles. The average Bonchev–Trinajstić information content (AvgIpc) is 2.78. The van der Waals surface area contributed by atoms with Gasteiger partial charge in [-0.25, -0.2) is 0 Å². The Morgan fingerprint density at radius 1 is 1.00 bits per heavy atom. The van der Waals surface area contributed by atoms with Crippen LogP contribution in [-0.2, 0) is 0 Å². The SMILES string of the molecule is Cc1ccc(SCCNC(=O)c2ccccc2NC(=O)c2ccc([N+](=O)[O-])cc2Cl)cc1. The summed E-state index contributed by atoms with van der Waals surface area (Å²) in [5.41, 5.74) is 1.67. The van der Waals surface area contributed by atoms with Crippen molar-refractivity contribution in [2.45, 2.75) is 11.8 Å². The molecule has 164 valence electrons. The zero-order valence-electron chi connectivity index (χ0n) is 17.1. The van der Waals surface area contributed by atoms with Crippen molar-refractivity contribution in [1.29, 1.82) is 0 Å². The highest BCUT2D eigenvalue weighted by molar-refractivity contribution is 7.99. The summed E-state index contributed by atoms with van der Waals surface area (Å²) >= 11 is 7.67. The Bertz CT molecular complexity index is 1150. The fourth-order valence-electron chi connectivity index (χ4n) is 2.84. The topological polar surface area (TPSA) is 101 Å². The van der Waals surface area contributed by atoms with E-state index in [-0.39, 0.29) is 22.2 Å². The molecule has 0 aliphatic carbocycles. The molecule has 7 nitrogen and oxygen atoms in total. The standard InChI is InChI=1S/C23H20ClN3O4S/c1-15-6-9-17(10-7-15)32-13-12-25-22(28)19-4-2-3-5-21(19)26-23(29)18-11-8-16(27(30)31)14-20(18)24/h2-11,14H,12-13H2,1H3,(H,25,28)(H,26,29). The molecule has 0 bridgehead atoms. The van der Waals surface area contributed by atoms with Gasteiger partial charge in [0.2, 0.25) is 0 Å². The smallest absolute Gasteiger partial charge is 0.270 e. The molecule has 2 N–H and O–H groups in total. The van der Waals surface area contributed by atoms with Gasteiger partial charge in [0.15, 0.2) is 0 Å². The predicted molar refractivity (Wildman–Crippen MR) is 127 cm³/mol. The zero-order chi connectivity index (χ0) is 23.1. The molecule has 0 radical (unpaired) electrons. The summed E-state index contributed by atoms with van der Waals surface area (Å²) in [5.74, 6) is -0.192. The van der Waals surface area contributed by atoms with Crippen LogP contribution in [0, 0.1) is 17.0 Å². The van der Waals surface area contributed by atoms with Gasteiger partial charge in [0.05, 0.1) is 26.8 Å². The third-order valence-electron chi connectivity index (χ3n) is 4.51. The molecular weight excluding hydrogens is 450 g/mol. The molecule has 0 saturated heterocycles. The summed E-state index contributed by atoms with van der Waals surface area (Å²) in [6.45, 7) is 2.48. The molecule has 0 unspecified atom stereocenters. The Kier molecular flexibility index (Phi) is 7.86. The molecule has 0 aliphatic heterocycles. The Morgan fingerprint density at radius 2 is 1.72 bits per heavy atom. The highest BCUT2D eigenvalue weighted by Gasteiger charge is 2.18. The normalized spacial score (nSPS) is 10.4. The largest absolute Gasteiger partial charge is 0.351 e. The highest BCUT2D eigenvalue weighted by atomic mass is 35.5. The molecule has 32 heavy (non-hydrogen) atoms. The van der Waals surface area contributed by atoms with Gasteiger partial charge in [-0.3, -0.25) is 19.7 Å². The van der Waals surface area contributed by atoms with Crippen LogP contribution < -0.4 is 10.6 Å². The van der Waals surface area contributed by atoms with Crippen LogP contribution in [0.1, 0.15) is 26.3 Å². The molecule has 0 aliphatic rings. The van der Waals surface area contributed by atoms with E-state index in [4.69, 9.17) is 11.6 Å². The van der Waals surface area contributed by atoms with E-state index in [1.54, 1.807) is 36.0 Å². The minimum atomic E-state index is -0.593. The summed E-state index contributed by atoms with van der Waals surface area (Å²) in [6, 6.07) is 18.3. The van der Waals surface area contributed by atoms with Crippen LogP contribution in [0.3, 0.4) is 0 Å². The fourth-order valence-corrected chi connectivity index (χ4v) is 3.87. The third-order valence-corrected chi connectivity index (χ3v) is 5.83. The third kappa shape index (κ3) is 6.09. The number of anilines is 1. The van der Waals surface area contributed by atoms with Crippen molar-refractivity contribution in [3.63, 3.8) is 0 Å².